The van der Waals surface area contributed by atoms with Crippen molar-refractivity contribution in [2.24, 2.45) is 0 Å². The second kappa shape index (κ2) is 9.27. The fraction of sp³-hybridized carbons (Fsp3) is 0.409. The second-order valence-electron chi connectivity index (χ2n) is 6.83. The number of amides is 1. The van der Waals surface area contributed by atoms with Gasteiger partial charge in [0.15, 0.2) is 6.61 Å². The van der Waals surface area contributed by atoms with Crippen LogP contribution in [-0.2, 0) is 11.4 Å². The highest BCUT2D eigenvalue weighted by atomic mass is 16.5. The Kier molecular flexibility index (Phi) is 6.53. The predicted molar refractivity (Wildman–Crippen MR) is 102 cm³/mol. The Morgan fingerprint density at radius 3 is 2.19 bits per heavy atom. The van der Waals surface area contributed by atoms with Crippen LogP contribution in [0.3, 0.4) is 0 Å². The number of nitrogens with zero attached hydrogens (tertiary/aromatic N) is 1. The predicted octanol–water partition coefficient (Wildman–Crippen LogP) is 4.44. The summed E-state index contributed by atoms with van der Waals surface area (Å²) in [5.41, 5.74) is 1.13. The largest absolute Gasteiger partial charge is 0.489 e. The molecule has 0 spiro atoms. The number of carbonyl (C=O) groups is 1. The third kappa shape index (κ3) is 5.25. The van der Waals surface area contributed by atoms with Crippen molar-refractivity contribution in [1.82, 2.24) is 4.90 Å². The van der Waals surface area contributed by atoms with E-state index in [1.165, 1.54) is 19.3 Å². The van der Waals surface area contributed by atoms with Crippen molar-refractivity contribution in [3.05, 3.63) is 60.2 Å². The minimum Gasteiger partial charge on any atom is -0.489 e. The van der Waals surface area contributed by atoms with Crippen LogP contribution in [0.2, 0.25) is 0 Å². The van der Waals surface area contributed by atoms with Crippen molar-refractivity contribution in [2.45, 2.75) is 44.8 Å². The topological polar surface area (TPSA) is 38.8 Å². The quantitative estimate of drug-likeness (QED) is 0.739. The first-order chi connectivity index (χ1) is 12.7. The number of rotatable bonds is 7. The highest BCUT2D eigenvalue weighted by molar-refractivity contribution is 5.77. The second-order valence-corrected chi connectivity index (χ2v) is 6.83. The Balaban J connectivity index is 1.44. The Morgan fingerprint density at radius 2 is 1.54 bits per heavy atom. The Labute approximate surface area is 155 Å². The summed E-state index contributed by atoms with van der Waals surface area (Å²) in [6.45, 7) is 0.614. The smallest absolute Gasteiger partial charge is 0.260 e. The number of benzene rings is 2. The van der Waals surface area contributed by atoms with E-state index in [4.69, 9.17) is 9.47 Å². The van der Waals surface area contributed by atoms with Gasteiger partial charge in [-0.25, -0.2) is 0 Å². The first kappa shape index (κ1) is 18.3. The summed E-state index contributed by atoms with van der Waals surface area (Å²) in [5.74, 6) is 1.51. The molecule has 1 aliphatic rings. The number of likely N-dealkylation sites (N-methyl/N-ethyl adjacent to an activating group) is 1. The standard InChI is InChI=1S/C22H27NO3/c1-23(19-10-6-3-7-11-19)22(24)17-26-21-14-12-20(13-15-21)25-16-18-8-4-2-5-9-18/h2,4-5,8-9,12-15,19H,3,6-7,10-11,16-17H2,1H3. The van der Waals surface area contributed by atoms with Gasteiger partial charge in [0.05, 0.1) is 0 Å². The summed E-state index contributed by atoms with van der Waals surface area (Å²) in [6.07, 6.45) is 5.93. The molecule has 2 aromatic carbocycles. The molecule has 0 N–H and O–H groups in total. The van der Waals surface area contributed by atoms with Gasteiger partial charge in [-0.15, -0.1) is 0 Å². The van der Waals surface area contributed by atoms with Gasteiger partial charge in [-0.1, -0.05) is 49.6 Å². The summed E-state index contributed by atoms with van der Waals surface area (Å²) in [5, 5.41) is 0. The van der Waals surface area contributed by atoms with Gasteiger partial charge in [-0.05, 0) is 42.7 Å². The van der Waals surface area contributed by atoms with E-state index in [1.54, 1.807) is 0 Å². The molecule has 3 rings (SSSR count). The van der Waals surface area contributed by atoms with E-state index >= 15 is 0 Å². The van der Waals surface area contributed by atoms with Crippen LogP contribution in [-0.4, -0.2) is 30.5 Å². The van der Waals surface area contributed by atoms with Crippen LogP contribution in [0, 0.1) is 0 Å². The molecule has 0 aliphatic heterocycles. The van der Waals surface area contributed by atoms with Crippen molar-refractivity contribution in [3.8, 4) is 11.5 Å². The van der Waals surface area contributed by atoms with Crippen LogP contribution in [0.1, 0.15) is 37.7 Å². The van der Waals surface area contributed by atoms with E-state index in [-0.39, 0.29) is 12.5 Å². The lowest BCUT2D eigenvalue weighted by Crippen LogP contribution is -2.40. The van der Waals surface area contributed by atoms with Crippen LogP contribution >= 0.6 is 0 Å². The van der Waals surface area contributed by atoms with Gasteiger partial charge in [0.1, 0.15) is 18.1 Å². The zero-order chi connectivity index (χ0) is 18.2. The molecule has 4 heteroatoms. The van der Waals surface area contributed by atoms with Gasteiger partial charge in [0, 0.05) is 13.1 Å². The van der Waals surface area contributed by atoms with Crippen molar-refractivity contribution in [1.29, 1.82) is 0 Å². The fourth-order valence-electron chi connectivity index (χ4n) is 3.29. The first-order valence-corrected chi connectivity index (χ1v) is 9.37. The highest BCUT2D eigenvalue weighted by Crippen LogP contribution is 2.22. The van der Waals surface area contributed by atoms with Gasteiger partial charge < -0.3 is 14.4 Å². The Bertz CT molecular complexity index is 678. The van der Waals surface area contributed by atoms with Crippen molar-refractivity contribution in [2.75, 3.05) is 13.7 Å². The summed E-state index contributed by atoms with van der Waals surface area (Å²) in [6, 6.07) is 17.8. The lowest BCUT2D eigenvalue weighted by Gasteiger charge is -2.31. The van der Waals surface area contributed by atoms with E-state index in [0.29, 0.717) is 18.4 Å². The normalized spacial score (nSPS) is 14.7. The molecule has 1 amide bonds. The summed E-state index contributed by atoms with van der Waals surface area (Å²) < 4.78 is 11.4. The van der Waals surface area contributed by atoms with Gasteiger partial charge in [-0.2, -0.15) is 0 Å². The molecule has 1 fully saturated rings. The molecule has 138 valence electrons. The number of ether oxygens (including phenoxy) is 2. The Hall–Kier alpha value is -2.49. The molecule has 0 aromatic heterocycles. The lowest BCUT2D eigenvalue weighted by atomic mass is 9.94. The van der Waals surface area contributed by atoms with E-state index in [2.05, 4.69) is 0 Å². The summed E-state index contributed by atoms with van der Waals surface area (Å²) in [7, 11) is 1.89. The van der Waals surface area contributed by atoms with Crippen LogP contribution in [0.4, 0.5) is 0 Å². The maximum Gasteiger partial charge on any atom is 0.260 e. The van der Waals surface area contributed by atoms with E-state index < -0.39 is 0 Å². The average molecular weight is 353 g/mol. The molecule has 0 bridgehead atoms. The van der Waals surface area contributed by atoms with Gasteiger partial charge in [0.25, 0.3) is 5.91 Å². The molecule has 1 aliphatic carbocycles. The Morgan fingerprint density at radius 1 is 0.923 bits per heavy atom. The highest BCUT2D eigenvalue weighted by Gasteiger charge is 2.22. The maximum absolute atomic E-state index is 12.3. The average Bonchev–Trinajstić information content (AvgIpc) is 2.72. The molecule has 0 atom stereocenters. The molecule has 4 nitrogen and oxygen atoms in total. The third-order valence-corrected chi connectivity index (χ3v) is 4.95. The minimum absolute atomic E-state index is 0.0429. The van der Waals surface area contributed by atoms with E-state index in [0.717, 1.165) is 24.2 Å². The molecule has 0 radical (unpaired) electrons. The molecular weight excluding hydrogens is 326 g/mol. The summed E-state index contributed by atoms with van der Waals surface area (Å²) >= 11 is 0. The van der Waals surface area contributed by atoms with Crippen molar-refractivity contribution < 1.29 is 14.3 Å². The molecule has 26 heavy (non-hydrogen) atoms. The molecular formula is C22H27NO3. The number of carbonyl (C=O) groups excluding carboxylic acids is 1. The zero-order valence-corrected chi connectivity index (χ0v) is 15.4. The lowest BCUT2D eigenvalue weighted by molar-refractivity contribution is -0.134. The zero-order valence-electron chi connectivity index (χ0n) is 15.4. The van der Waals surface area contributed by atoms with Crippen LogP contribution in [0.5, 0.6) is 11.5 Å². The molecule has 2 aromatic rings. The van der Waals surface area contributed by atoms with Crippen LogP contribution in [0.25, 0.3) is 0 Å². The molecule has 0 saturated heterocycles. The third-order valence-electron chi connectivity index (χ3n) is 4.95. The van der Waals surface area contributed by atoms with E-state index in [9.17, 15) is 4.79 Å². The van der Waals surface area contributed by atoms with Gasteiger partial charge in [-0.3, -0.25) is 4.79 Å². The molecule has 0 unspecified atom stereocenters. The SMILES string of the molecule is CN(C(=O)COc1ccc(OCc2ccccc2)cc1)C1CCCCC1. The molecule has 0 heterocycles. The maximum atomic E-state index is 12.3. The van der Waals surface area contributed by atoms with E-state index in [1.807, 2.05) is 66.5 Å². The number of hydrogen-bond acceptors (Lipinski definition) is 3. The van der Waals surface area contributed by atoms with Gasteiger partial charge in [0.2, 0.25) is 0 Å². The monoisotopic (exact) mass is 353 g/mol. The first-order valence-electron chi connectivity index (χ1n) is 9.37. The molecule has 1 saturated carbocycles. The van der Waals surface area contributed by atoms with Crippen molar-refractivity contribution >= 4 is 5.91 Å². The van der Waals surface area contributed by atoms with Crippen molar-refractivity contribution in [3.63, 3.8) is 0 Å². The van der Waals surface area contributed by atoms with Gasteiger partial charge >= 0.3 is 0 Å². The minimum atomic E-state index is 0.0429. The number of hydrogen-bond donors (Lipinski definition) is 0. The van der Waals surface area contributed by atoms with Crippen LogP contribution < -0.4 is 9.47 Å². The van der Waals surface area contributed by atoms with Crippen LogP contribution in [0.15, 0.2) is 54.6 Å². The summed E-state index contributed by atoms with van der Waals surface area (Å²) in [4.78, 5) is 14.2. The fourth-order valence-corrected chi connectivity index (χ4v) is 3.29.